The summed E-state index contributed by atoms with van der Waals surface area (Å²) >= 11 is 8.44. The average molecular weight is 474 g/mol. The van der Waals surface area contributed by atoms with E-state index in [2.05, 4.69) is 4.99 Å². The van der Waals surface area contributed by atoms with Crippen molar-refractivity contribution in [3.05, 3.63) is 37.4 Å². The smallest absolute Gasteiger partial charge is 0.325 e. The summed E-state index contributed by atoms with van der Waals surface area (Å²) in [7, 11) is 1.33. The van der Waals surface area contributed by atoms with Gasteiger partial charge in [0.15, 0.2) is 0 Å². The molecular weight excluding hydrogens is 453 g/mol. The first-order valence-electron chi connectivity index (χ1n) is 9.68. The molecule has 0 N–H and O–H groups in total. The Bertz CT molecular complexity index is 1070. The molecule has 2 aromatic rings. The lowest BCUT2D eigenvalue weighted by Gasteiger charge is -2.20. The molecule has 0 aliphatic carbocycles. The number of rotatable bonds is 5. The Balaban J connectivity index is 1.71. The van der Waals surface area contributed by atoms with E-state index in [0.717, 1.165) is 37.0 Å². The van der Waals surface area contributed by atoms with Crippen molar-refractivity contribution >= 4 is 46.4 Å². The van der Waals surface area contributed by atoms with Crippen LogP contribution in [0.3, 0.4) is 0 Å². The van der Waals surface area contributed by atoms with Crippen LogP contribution in [0.4, 0.5) is 10.1 Å². The molecule has 11 heteroatoms. The van der Waals surface area contributed by atoms with Gasteiger partial charge < -0.3 is 9.47 Å². The van der Waals surface area contributed by atoms with Crippen LogP contribution in [-0.4, -0.2) is 40.4 Å². The van der Waals surface area contributed by atoms with Crippen molar-refractivity contribution in [2.45, 2.75) is 55.0 Å². The molecule has 30 heavy (non-hydrogen) atoms. The minimum absolute atomic E-state index is 0.0700. The Kier molecular flexibility index (Phi) is 6.66. The fraction of sp³-hybridized carbons (Fsp3) is 0.526. The Morgan fingerprint density at radius 1 is 1.37 bits per heavy atom. The summed E-state index contributed by atoms with van der Waals surface area (Å²) in [5, 5.41) is -0.427. The summed E-state index contributed by atoms with van der Waals surface area (Å²) in [5.41, 5.74) is 0.0700. The van der Waals surface area contributed by atoms with E-state index >= 15 is 0 Å². The number of nitrogens with zero attached hydrogens (tertiary/aromatic N) is 3. The quantitative estimate of drug-likeness (QED) is 0.492. The molecule has 0 bridgehead atoms. The predicted molar refractivity (Wildman–Crippen MR) is 113 cm³/mol. The lowest BCUT2D eigenvalue weighted by molar-refractivity contribution is -0.142. The number of methoxy groups -OCH3 is 1. The van der Waals surface area contributed by atoms with Gasteiger partial charge in [0.1, 0.15) is 16.8 Å². The molecule has 1 aromatic heterocycles. The van der Waals surface area contributed by atoms with Gasteiger partial charge in [0, 0.05) is 24.6 Å². The van der Waals surface area contributed by atoms with Crippen LogP contribution in [0.25, 0.3) is 0 Å². The highest BCUT2D eigenvalue weighted by atomic mass is 35.5. The maximum atomic E-state index is 14.6. The molecule has 2 aliphatic heterocycles. The lowest BCUT2D eigenvalue weighted by Crippen LogP contribution is -2.31. The van der Waals surface area contributed by atoms with Gasteiger partial charge in [-0.3, -0.25) is 14.3 Å². The number of benzene rings is 1. The van der Waals surface area contributed by atoms with Gasteiger partial charge in [-0.05, 0) is 49.2 Å². The summed E-state index contributed by atoms with van der Waals surface area (Å²) in [6.07, 6.45) is 3.19. The van der Waals surface area contributed by atoms with Gasteiger partial charge in [0.2, 0.25) is 4.80 Å². The molecule has 3 heterocycles. The first-order valence-corrected chi connectivity index (χ1v) is 11.8. The molecule has 0 spiro atoms. The minimum Gasteiger partial charge on any atom is -0.468 e. The monoisotopic (exact) mass is 473 g/mol. The van der Waals surface area contributed by atoms with E-state index < -0.39 is 17.0 Å². The number of thioether (sulfide) groups is 1. The summed E-state index contributed by atoms with van der Waals surface area (Å²) in [4.78, 5) is 29.8. The van der Waals surface area contributed by atoms with Crippen molar-refractivity contribution in [1.82, 2.24) is 9.36 Å². The molecule has 0 amide bonds. The summed E-state index contributed by atoms with van der Waals surface area (Å²) in [5.74, 6) is -1.01. The number of hydrogen-bond acceptors (Lipinski definition) is 7. The molecule has 2 unspecified atom stereocenters. The van der Waals surface area contributed by atoms with Crippen molar-refractivity contribution in [2.75, 3.05) is 13.7 Å². The molecule has 2 aliphatic rings. The Morgan fingerprint density at radius 3 is 2.83 bits per heavy atom. The third-order valence-electron chi connectivity index (χ3n) is 5.10. The van der Waals surface area contributed by atoms with E-state index in [4.69, 9.17) is 21.1 Å². The third kappa shape index (κ3) is 4.37. The van der Waals surface area contributed by atoms with Crippen LogP contribution < -0.4 is 9.67 Å². The van der Waals surface area contributed by atoms with Crippen molar-refractivity contribution in [3.63, 3.8) is 0 Å². The molecule has 0 radical (unpaired) electrons. The van der Waals surface area contributed by atoms with E-state index in [1.165, 1.54) is 31.0 Å². The lowest BCUT2D eigenvalue weighted by atomic mass is 10.2. The van der Waals surface area contributed by atoms with Gasteiger partial charge >= 0.3 is 10.8 Å². The van der Waals surface area contributed by atoms with E-state index in [1.54, 1.807) is 9.36 Å². The zero-order valence-corrected chi connectivity index (χ0v) is 18.7. The second-order valence-corrected chi connectivity index (χ2v) is 9.57. The fourth-order valence-electron chi connectivity index (χ4n) is 3.58. The molecule has 2 atom stereocenters. The van der Waals surface area contributed by atoms with Crippen LogP contribution in [0.1, 0.15) is 25.7 Å². The predicted octanol–water partition coefficient (Wildman–Crippen LogP) is 3.34. The molecule has 1 aromatic carbocycles. The van der Waals surface area contributed by atoms with E-state index in [-0.39, 0.29) is 21.7 Å². The number of ether oxygens (including phenoxy) is 2. The van der Waals surface area contributed by atoms with Gasteiger partial charge in [-0.2, -0.15) is 0 Å². The van der Waals surface area contributed by atoms with Crippen molar-refractivity contribution < 1.29 is 18.7 Å². The van der Waals surface area contributed by atoms with Crippen molar-refractivity contribution in [1.29, 1.82) is 0 Å². The molecule has 7 nitrogen and oxygen atoms in total. The number of fused-ring (bicyclic) bond motifs is 1. The van der Waals surface area contributed by atoms with Crippen LogP contribution >= 0.6 is 34.7 Å². The average Bonchev–Trinajstić information content (AvgIpc) is 3.37. The first-order chi connectivity index (χ1) is 14.5. The SMILES string of the molecule is COC(=O)C(Sc1cc(N=c2sc(=O)n3n2CCCC3)c(F)cc1Cl)C1CCCO1. The van der Waals surface area contributed by atoms with Crippen LogP contribution in [0.15, 0.2) is 26.8 Å². The van der Waals surface area contributed by atoms with Gasteiger partial charge in [0.05, 0.1) is 18.2 Å². The molecular formula is C19H21ClFN3O4S2. The van der Waals surface area contributed by atoms with Gasteiger partial charge in [-0.25, -0.2) is 14.1 Å². The molecule has 4 rings (SSSR count). The van der Waals surface area contributed by atoms with Crippen LogP contribution in [0, 0.1) is 5.82 Å². The van der Waals surface area contributed by atoms with Gasteiger partial charge in [-0.1, -0.05) is 11.6 Å². The maximum Gasteiger partial charge on any atom is 0.325 e. The second-order valence-electron chi connectivity index (χ2n) is 7.06. The summed E-state index contributed by atoms with van der Waals surface area (Å²) in [6.45, 7) is 1.89. The highest BCUT2D eigenvalue weighted by Gasteiger charge is 2.34. The number of hydrogen-bond donors (Lipinski definition) is 0. The highest BCUT2D eigenvalue weighted by molar-refractivity contribution is 8.00. The second kappa shape index (κ2) is 9.25. The number of halogens is 2. The minimum atomic E-state index is -0.610. The standard InChI is InChI=1S/C19H21ClFN3O4S2/c1-27-17(25)16(14-5-4-8-28-14)29-15-10-13(12(21)9-11(15)20)22-18-23-6-2-3-7-24(23)19(26)30-18/h9-10,14,16H,2-8H2,1H3. The van der Waals surface area contributed by atoms with Gasteiger partial charge in [-0.15, -0.1) is 11.8 Å². The summed E-state index contributed by atoms with van der Waals surface area (Å²) < 4.78 is 28.7. The molecule has 1 fully saturated rings. The van der Waals surface area contributed by atoms with Crippen molar-refractivity contribution in [3.8, 4) is 0 Å². The van der Waals surface area contributed by atoms with Crippen LogP contribution in [-0.2, 0) is 27.4 Å². The zero-order valence-electron chi connectivity index (χ0n) is 16.3. The van der Waals surface area contributed by atoms with Gasteiger partial charge in [0.25, 0.3) is 0 Å². The number of carbonyl (C=O) groups excluding carboxylic acids is 1. The van der Waals surface area contributed by atoms with Crippen LogP contribution in [0.5, 0.6) is 0 Å². The fourth-order valence-corrected chi connectivity index (χ4v) is 5.94. The number of esters is 1. The normalized spacial score (nSPS) is 20.2. The Labute approximate surface area is 185 Å². The summed E-state index contributed by atoms with van der Waals surface area (Å²) in [6, 6.07) is 2.69. The van der Waals surface area contributed by atoms with Crippen LogP contribution in [0.2, 0.25) is 5.02 Å². The largest absolute Gasteiger partial charge is 0.468 e. The molecule has 162 valence electrons. The van der Waals surface area contributed by atoms with E-state index in [0.29, 0.717) is 29.4 Å². The number of carbonyl (C=O) groups is 1. The molecule has 0 saturated carbocycles. The Morgan fingerprint density at radius 2 is 2.13 bits per heavy atom. The zero-order chi connectivity index (χ0) is 21.3. The highest BCUT2D eigenvalue weighted by Crippen LogP contribution is 2.38. The third-order valence-corrected chi connectivity index (χ3v) is 7.74. The van der Waals surface area contributed by atoms with E-state index in [1.807, 2.05) is 0 Å². The van der Waals surface area contributed by atoms with E-state index in [9.17, 15) is 14.0 Å². The molecule has 1 saturated heterocycles. The number of aromatic nitrogens is 2. The van der Waals surface area contributed by atoms with Crippen molar-refractivity contribution in [2.24, 2.45) is 4.99 Å². The Hall–Kier alpha value is -1.62. The topological polar surface area (TPSA) is 74.8 Å². The first kappa shape index (κ1) is 21.6. The maximum absolute atomic E-state index is 14.6.